The van der Waals surface area contributed by atoms with E-state index in [2.05, 4.69) is 0 Å². The lowest BCUT2D eigenvalue weighted by molar-refractivity contribution is 0.0694. The van der Waals surface area contributed by atoms with E-state index in [0.29, 0.717) is 16.6 Å². The summed E-state index contributed by atoms with van der Waals surface area (Å²) in [6, 6.07) is 5.26. The molecular formula is C21H17F2NO3. The Hall–Kier alpha value is -3.02. The van der Waals surface area contributed by atoms with Crippen LogP contribution in [0.1, 0.15) is 45.8 Å². The largest absolute Gasteiger partial charge is 0.477 e. The Morgan fingerprint density at radius 1 is 1.11 bits per heavy atom. The summed E-state index contributed by atoms with van der Waals surface area (Å²) in [5.74, 6) is -2.15. The summed E-state index contributed by atoms with van der Waals surface area (Å²) < 4.78 is 29.8. The Morgan fingerprint density at radius 3 is 2.44 bits per heavy atom. The molecule has 0 amide bonds. The lowest BCUT2D eigenvalue weighted by Gasteiger charge is -2.16. The highest BCUT2D eigenvalue weighted by Gasteiger charge is 2.29. The van der Waals surface area contributed by atoms with Crippen LogP contribution in [0.25, 0.3) is 16.6 Å². The number of carbonyl (C=O) groups is 1. The molecule has 27 heavy (non-hydrogen) atoms. The molecule has 0 unspecified atom stereocenters. The van der Waals surface area contributed by atoms with Crippen LogP contribution in [-0.4, -0.2) is 15.5 Å². The normalized spacial score (nSPS) is 13.9. The fourth-order valence-corrected chi connectivity index (χ4v) is 3.60. The van der Waals surface area contributed by atoms with Crippen molar-refractivity contribution < 1.29 is 18.7 Å². The molecule has 3 aromatic rings. The van der Waals surface area contributed by atoms with Crippen LogP contribution >= 0.6 is 0 Å². The molecular weight excluding hydrogens is 352 g/mol. The van der Waals surface area contributed by atoms with Crippen LogP contribution in [-0.2, 0) is 0 Å². The molecule has 138 valence electrons. The third-order valence-electron chi connectivity index (χ3n) is 5.20. The first-order chi connectivity index (χ1) is 12.8. The highest BCUT2D eigenvalue weighted by atomic mass is 19.1. The van der Waals surface area contributed by atoms with E-state index in [1.54, 1.807) is 6.92 Å². The number of carboxylic acids is 1. The molecule has 1 aliphatic carbocycles. The van der Waals surface area contributed by atoms with Crippen molar-refractivity contribution in [3.63, 3.8) is 0 Å². The van der Waals surface area contributed by atoms with Crippen molar-refractivity contribution in [3.8, 4) is 11.1 Å². The summed E-state index contributed by atoms with van der Waals surface area (Å²) in [6.07, 6.45) is 3.25. The number of rotatable bonds is 3. The van der Waals surface area contributed by atoms with E-state index >= 15 is 0 Å². The smallest absolute Gasteiger partial charge is 0.341 e. The minimum atomic E-state index is -1.27. The van der Waals surface area contributed by atoms with Crippen LogP contribution < -0.4 is 5.56 Å². The van der Waals surface area contributed by atoms with Gasteiger partial charge in [-0.1, -0.05) is 0 Å². The standard InChI is InChI=1S/C21H17F2NO3/c1-10-7-18(23)15(9-17(10)22)13-5-6-24-19(11(13)2)14(12-3-4-12)8-16(20(24)25)21(26)27/h5-9,12H,3-4H2,1-2H3,(H,26,27). The number of aryl methyl sites for hydroxylation is 2. The summed E-state index contributed by atoms with van der Waals surface area (Å²) >= 11 is 0. The molecule has 0 bridgehead atoms. The van der Waals surface area contributed by atoms with Crippen molar-refractivity contribution in [2.75, 3.05) is 0 Å². The molecule has 1 saturated carbocycles. The molecule has 4 nitrogen and oxygen atoms in total. The minimum absolute atomic E-state index is 0.120. The zero-order chi connectivity index (χ0) is 19.5. The van der Waals surface area contributed by atoms with E-state index in [4.69, 9.17) is 0 Å². The predicted octanol–water partition coefficient (Wildman–Crippen LogP) is 4.44. The summed E-state index contributed by atoms with van der Waals surface area (Å²) in [7, 11) is 0. The van der Waals surface area contributed by atoms with Crippen molar-refractivity contribution in [1.82, 2.24) is 4.40 Å². The van der Waals surface area contributed by atoms with Crippen molar-refractivity contribution in [2.24, 2.45) is 0 Å². The fraction of sp³-hybridized carbons (Fsp3) is 0.238. The van der Waals surface area contributed by atoms with Crippen molar-refractivity contribution >= 4 is 11.5 Å². The summed E-state index contributed by atoms with van der Waals surface area (Å²) in [5.41, 5.74) is 1.86. The van der Waals surface area contributed by atoms with Crippen LogP contribution in [0.3, 0.4) is 0 Å². The first kappa shape index (κ1) is 17.4. The van der Waals surface area contributed by atoms with E-state index in [1.807, 2.05) is 0 Å². The third-order valence-corrected chi connectivity index (χ3v) is 5.20. The van der Waals surface area contributed by atoms with Gasteiger partial charge in [0.05, 0.1) is 5.52 Å². The number of nitrogens with zero attached hydrogens (tertiary/aromatic N) is 1. The van der Waals surface area contributed by atoms with Crippen LogP contribution in [0.15, 0.2) is 35.3 Å². The Labute approximate surface area is 153 Å². The molecule has 6 heteroatoms. The summed E-state index contributed by atoms with van der Waals surface area (Å²) in [5, 5.41) is 9.34. The Morgan fingerprint density at radius 2 is 1.81 bits per heavy atom. The van der Waals surface area contributed by atoms with Gasteiger partial charge in [-0.25, -0.2) is 13.6 Å². The van der Waals surface area contributed by atoms with E-state index in [1.165, 1.54) is 29.7 Å². The highest BCUT2D eigenvalue weighted by molar-refractivity contribution is 5.89. The van der Waals surface area contributed by atoms with Gasteiger partial charge in [0.2, 0.25) is 0 Å². The number of benzene rings is 1. The maximum absolute atomic E-state index is 14.5. The molecule has 1 aromatic carbocycles. The predicted molar refractivity (Wildman–Crippen MR) is 97.4 cm³/mol. The number of halogens is 2. The van der Waals surface area contributed by atoms with Crippen molar-refractivity contribution in [1.29, 1.82) is 0 Å². The van der Waals surface area contributed by atoms with Crippen LogP contribution in [0.5, 0.6) is 0 Å². The molecule has 0 saturated heterocycles. The molecule has 2 aromatic heterocycles. The van der Waals surface area contributed by atoms with Gasteiger partial charge in [-0.05, 0) is 79.1 Å². The fourth-order valence-electron chi connectivity index (χ4n) is 3.60. The Balaban J connectivity index is 2.07. The molecule has 2 heterocycles. The number of fused-ring (bicyclic) bond motifs is 1. The second-order valence-electron chi connectivity index (χ2n) is 7.05. The third kappa shape index (κ3) is 2.72. The first-order valence-corrected chi connectivity index (χ1v) is 8.67. The quantitative estimate of drug-likeness (QED) is 0.743. The number of hydrogen-bond donors (Lipinski definition) is 1. The molecule has 1 N–H and O–H groups in total. The summed E-state index contributed by atoms with van der Waals surface area (Å²) in [6.45, 7) is 3.24. The second kappa shape index (κ2) is 6.01. The molecule has 1 fully saturated rings. The van der Waals surface area contributed by atoms with E-state index < -0.39 is 23.2 Å². The van der Waals surface area contributed by atoms with Gasteiger partial charge >= 0.3 is 5.97 Å². The number of aromatic nitrogens is 1. The number of aromatic carboxylic acids is 1. The minimum Gasteiger partial charge on any atom is -0.477 e. The molecule has 4 rings (SSSR count). The molecule has 0 atom stereocenters. The topological polar surface area (TPSA) is 58.8 Å². The average molecular weight is 369 g/mol. The maximum atomic E-state index is 14.5. The highest BCUT2D eigenvalue weighted by Crippen LogP contribution is 2.43. The van der Waals surface area contributed by atoms with E-state index in [-0.39, 0.29) is 22.6 Å². The Kier molecular flexibility index (Phi) is 3.87. The van der Waals surface area contributed by atoms with Gasteiger partial charge in [-0.2, -0.15) is 0 Å². The molecule has 0 spiro atoms. The Bertz CT molecular complexity index is 1180. The number of pyridine rings is 2. The second-order valence-corrected chi connectivity index (χ2v) is 7.05. The van der Waals surface area contributed by atoms with Crippen molar-refractivity contribution in [3.05, 3.63) is 74.7 Å². The monoisotopic (exact) mass is 369 g/mol. The lowest BCUT2D eigenvalue weighted by atomic mass is 9.95. The lowest BCUT2D eigenvalue weighted by Crippen LogP contribution is -2.23. The van der Waals surface area contributed by atoms with Gasteiger partial charge in [-0.15, -0.1) is 0 Å². The first-order valence-electron chi connectivity index (χ1n) is 8.67. The number of carboxylic acid groups (broad SMARTS) is 1. The van der Waals surface area contributed by atoms with Gasteiger partial charge in [0, 0.05) is 11.8 Å². The van der Waals surface area contributed by atoms with Crippen molar-refractivity contribution in [2.45, 2.75) is 32.6 Å². The SMILES string of the molecule is Cc1cc(F)c(-c2ccn3c(=O)c(C(=O)O)cc(C4CC4)c3c2C)cc1F. The molecule has 0 aliphatic heterocycles. The summed E-state index contributed by atoms with van der Waals surface area (Å²) in [4.78, 5) is 24.0. The van der Waals surface area contributed by atoms with Gasteiger partial charge in [0.1, 0.15) is 17.2 Å². The van der Waals surface area contributed by atoms with Gasteiger partial charge in [0.25, 0.3) is 5.56 Å². The van der Waals surface area contributed by atoms with Crippen LogP contribution in [0.4, 0.5) is 8.78 Å². The van der Waals surface area contributed by atoms with E-state index in [9.17, 15) is 23.5 Å². The van der Waals surface area contributed by atoms with E-state index in [0.717, 1.165) is 30.5 Å². The zero-order valence-electron chi connectivity index (χ0n) is 14.8. The number of hydrogen-bond acceptors (Lipinski definition) is 2. The zero-order valence-corrected chi connectivity index (χ0v) is 14.8. The maximum Gasteiger partial charge on any atom is 0.341 e. The average Bonchev–Trinajstić information content (AvgIpc) is 3.44. The van der Waals surface area contributed by atoms with Crippen LogP contribution in [0, 0.1) is 25.5 Å². The van der Waals surface area contributed by atoms with Gasteiger partial charge in [-0.3, -0.25) is 9.20 Å². The van der Waals surface area contributed by atoms with Crippen LogP contribution in [0.2, 0.25) is 0 Å². The van der Waals surface area contributed by atoms with Gasteiger partial charge < -0.3 is 5.11 Å². The molecule has 1 aliphatic rings. The van der Waals surface area contributed by atoms with Gasteiger partial charge in [0.15, 0.2) is 0 Å². The molecule has 0 radical (unpaired) electrons.